The number of hydrogen-bond donors (Lipinski definition) is 2. The molecule has 2 aromatic rings. The highest BCUT2D eigenvalue weighted by Crippen LogP contribution is 2.37. The van der Waals surface area contributed by atoms with E-state index >= 15 is 0 Å². The predicted molar refractivity (Wildman–Crippen MR) is 80.5 cm³/mol. The first kappa shape index (κ1) is 14.9. The van der Waals surface area contributed by atoms with Crippen molar-refractivity contribution in [2.75, 3.05) is 5.73 Å². The van der Waals surface area contributed by atoms with Gasteiger partial charge in [0.05, 0.1) is 22.2 Å². The highest BCUT2D eigenvalue weighted by Gasteiger charge is 2.16. The van der Waals surface area contributed by atoms with Crippen molar-refractivity contribution in [2.45, 2.75) is 6.42 Å². The van der Waals surface area contributed by atoms with E-state index in [1.165, 1.54) is 6.07 Å². The van der Waals surface area contributed by atoms with E-state index in [1.54, 1.807) is 18.2 Å². The zero-order valence-electron chi connectivity index (χ0n) is 10.0. The summed E-state index contributed by atoms with van der Waals surface area (Å²) < 4.78 is 0. The van der Waals surface area contributed by atoms with Crippen molar-refractivity contribution < 1.29 is 9.90 Å². The maximum atomic E-state index is 10.9. The molecule has 20 heavy (non-hydrogen) atoms. The molecule has 104 valence electrons. The highest BCUT2D eigenvalue weighted by atomic mass is 35.5. The molecule has 0 amide bonds. The summed E-state index contributed by atoms with van der Waals surface area (Å²) >= 11 is 18.1. The quantitative estimate of drug-likeness (QED) is 0.836. The van der Waals surface area contributed by atoms with Crippen LogP contribution in [0.3, 0.4) is 0 Å². The molecule has 4 nitrogen and oxygen atoms in total. The summed E-state index contributed by atoms with van der Waals surface area (Å²) in [6, 6.07) is 6.32. The van der Waals surface area contributed by atoms with Gasteiger partial charge in [-0.1, -0.05) is 34.8 Å². The number of hydrogen-bond acceptors (Lipinski definition) is 3. The van der Waals surface area contributed by atoms with Crippen LogP contribution in [0, 0.1) is 0 Å². The standard InChI is InChI=1S/C13H9Cl3N2O2/c14-6-3-8(13(16)9(15)4-6)7-1-2-11(17)18-10(7)5-12(19)20/h1-4H,5H2,(H2,17,18)(H,19,20). The highest BCUT2D eigenvalue weighted by molar-refractivity contribution is 6.45. The van der Waals surface area contributed by atoms with Crippen LogP contribution in [-0.2, 0) is 11.2 Å². The Kier molecular flexibility index (Phi) is 4.38. The van der Waals surface area contributed by atoms with Crippen LogP contribution in [0.5, 0.6) is 0 Å². The van der Waals surface area contributed by atoms with E-state index in [1.807, 2.05) is 0 Å². The maximum absolute atomic E-state index is 10.9. The third-order valence-electron chi connectivity index (χ3n) is 2.60. The fraction of sp³-hybridized carbons (Fsp3) is 0.0769. The van der Waals surface area contributed by atoms with Crippen molar-refractivity contribution in [3.05, 3.63) is 45.0 Å². The molecule has 2 rings (SSSR count). The van der Waals surface area contributed by atoms with E-state index in [-0.39, 0.29) is 22.3 Å². The van der Waals surface area contributed by atoms with Crippen LogP contribution in [-0.4, -0.2) is 16.1 Å². The van der Waals surface area contributed by atoms with Gasteiger partial charge in [0.2, 0.25) is 0 Å². The van der Waals surface area contributed by atoms with E-state index in [0.717, 1.165) is 0 Å². The van der Waals surface area contributed by atoms with Gasteiger partial charge in [0.1, 0.15) is 5.82 Å². The molecule has 0 unspecified atom stereocenters. The Morgan fingerprint density at radius 3 is 2.55 bits per heavy atom. The monoisotopic (exact) mass is 330 g/mol. The number of halogens is 3. The Morgan fingerprint density at radius 2 is 1.90 bits per heavy atom. The number of anilines is 1. The average molecular weight is 332 g/mol. The second kappa shape index (κ2) is 5.87. The van der Waals surface area contributed by atoms with Crippen LogP contribution >= 0.6 is 34.8 Å². The zero-order chi connectivity index (χ0) is 14.9. The number of nitrogens with zero attached hydrogens (tertiary/aromatic N) is 1. The summed E-state index contributed by atoms with van der Waals surface area (Å²) in [5.74, 6) is -0.789. The molecule has 0 radical (unpaired) electrons. The average Bonchev–Trinajstić information content (AvgIpc) is 2.33. The number of rotatable bonds is 3. The maximum Gasteiger partial charge on any atom is 0.309 e. The number of nitrogen functional groups attached to an aromatic ring is 1. The number of carbonyl (C=O) groups is 1. The molecule has 0 saturated heterocycles. The third-order valence-corrected chi connectivity index (χ3v) is 3.62. The molecule has 1 aromatic heterocycles. The molecule has 0 spiro atoms. The van der Waals surface area contributed by atoms with Crippen LogP contribution in [0.2, 0.25) is 15.1 Å². The summed E-state index contributed by atoms with van der Waals surface area (Å²) in [4.78, 5) is 15.0. The lowest BCUT2D eigenvalue weighted by atomic mass is 10.0. The van der Waals surface area contributed by atoms with Crippen LogP contribution in [0.15, 0.2) is 24.3 Å². The van der Waals surface area contributed by atoms with E-state index in [4.69, 9.17) is 45.6 Å². The Hall–Kier alpha value is -1.49. The van der Waals surface area contributed by atoms with Crippen molar-refractivity contribution in [1.82, 2.24) is 4.98 Å². The van der Waals surface area contributed by atoms with Gasteiger partial charge in [-0.3, -0.25) is 4.79 Å². The molecular weight excluding hydrogens is 323 g/mol. The number of carboxylic acid groups (broad SMARTS) is 1. The normalized spacial score (nSPS) is 10.6. The molecule has 3 N–H and O–H groups in total. The smallest absolute Gasteiger partial charge is 0.309 e. The first-order valence-corrected chi connectivity index (χ1v) is 6.64. The number of aliphatic carboxylic acids is 1. The molecule has 0 aliphatic rings. The largest absolute Gasteiger partial charge is 0.481 e. The number of benzene rings is 1. The zero-order valence-corrected chi connectivity index (χ0v) is 12.3. The van der Waals surface area contributed by atoms with Gasteiger partial charge in [-0.05, 0) is 24.3 Å². The Labute approximate surface area is 130 Å². The lowest BCUT2D eigenvalue weighted by Crippen LogP contribution is -2.06. The minimum Gasteiger partial charge on any atom is -0.481 e. The minimum atomic E-state index is -1.02. The fourth-order valence-corrected chi connectivity index (χ4v) is 2.50. The Balaban J connectivity index is 2.66. The molecule has 0 aliphatic heterocycles. The van der Waals surface area contributed by atoms with Crippen LogP contribution in [0.25, 0.3) is 11.1 Å². The van der Waals surface area contributed by atoms with Crippen LogP contribution < -0.4 is 5.73 Å². The fourth-order valence-electron chi connectivity index (χ4n) is 1.79. The lowest BCUT2D eigenvalue weighted by Gasteiger charge is -2.11. The molecule has 7 heteroatoms. The van der Waals surface area contributed by atoms with Gasteiger partial charge in [0.15, 0.2) is 0 Å². The Bertz CT molecular complexity index is 690. The number of nitrogens with two attached hydrogens (primary N) is 1. The van der Waals surface area contributed by atoms with E-state index in [9.17, 15) is 4.79 Å². The van der Waals surface area contributed by atoms with Gasteiger partial charge in [-0.25, -0.2) is 4.98 Å². The second-order valence-electron chi connectivity index (χ2n) is 4.05. The molecule has 0 atom stereocenters. The van der Waals surface area contributed by atoms with Crippen molar-refractivity contribution in [3.63, 3.8) is 0 Å². The van der Waals surface area contributed by atoms with Gasteiger partial charge in [-0.2, -0.15) is 0 Å². The van der Waals surface area contributed by atoms with E-state index in [2.05, 4.69) is 4.98 Å². The summed E-state index contributed by atoms with van der Waals surface area (Å²) in [6.45, 7) is 0. The molecular formula is C13H9Cl3N2O2. The van der Waals surface area contributed by atoms with Gasteiger partial charge in [0, 0.05) is 16.1 Å². The molecule has 0 fully saturated rings. The van der Waals surface area contributed by atoms with Gasteiger partial charge in [0.25, 0.3) is 0 Å². The van der Waals surface area contributed by atoms with Gasteiger partial charge in [-0.15, -0.1) is 0 Å². The van der Waals surface area contributed by atoms with Crippen molar-refractivity contribution >= 4 is 46.6 Å². The molecule has 1 heterocycles. The number of carboxylic acids is 1. The SMILES string of the molecule is Nc1ccc(-c2cc(Cl)cc(Cl)c2Cl)c(CC(=O)O)n1. The topological polar surface area (TPSA) is 76.2 Å². The Morgan fingerprint density at radius 1 is 1.20 bits per heavy atom. The van der Waals surface area contributed by atoms with Crippen LogP contribution in [0.1, 0.15) is 5.69 Å². The van der Waals surface area contributed by atoms with Crippen molar-refractivity contribution in [1.29, 1.82) is 0 Å². The summed E-state index contributed by atoms with van der Waals surface area (Å²) in [5, 5.41) is 9.91. The summed E-state index contributed by atoms with van der Waals surface area (Å²) in [7, 11) is 0. The third kappa shape index (κ3) is 3.15. The summed E-state index contributed by atoms with van der Waals surface area (Å²) in [5.41, 5.74) is 6.95. The predicted octanol–water partition coefficient (Wildman–Crippen LogP) is 3.92. The van der Waals surface area contributed by atoms with Gasteiger partial charge < -0.3 is 10.8 Å². The molecule has 0 aliphatic carbocycles. The molecule has 0 bridgehead atoms. The van der Waals surface area contributed by atoms with Crippen molar-refractivity contribution in [2.24, 2.45) is 0 Å². The van der Waals surface area contributed by atoms with Gasteiger partial charge >= 0.3 is 5.97 Å². The number of aromatic nitrogens is 1. The first-order valence-electron chi connectivity index (χ1n) is 5.50. The van der Waals surface area contributed by atoms with Crippen molar-refractivity contribution in [3.8, 4) is 11.1 Å². The first-order chi connectivity index (χ1) is 9.38. The minimum absolute atomic E-state index is 0.231. The molecule has 0 saturated carbocycles. The van der Waals surface area contributed by atoms with E-state index in [0.29, 0.717) is 21.8 Å². The molecule has 1 aromatic carbocycles. The number of pyridine rings is 1. The second-order valence-corrected chi connectivity index (χ2v) is 5.27. The van der Waals surface area contributed by atoms with Crippen LogP contribution in [0.4, 0.5) is 5.82 Å². The van der Waals surface area contributed by atoms with E-state index < -0.39 is 5.97 Å². The summed E-state index contributed by atoms with van der Waals surface area (Å²) in [6.07, 6.45) is -0.277. The lowest BCUT2D eigenvalue weighted by molar-refractivity contribution is -0.136.